The molecule has 1 aromatic carbocycles. The van der Waals surface area contributed by atoms with Crippen LogP contribution in [0.1, 0.15) is 26.5 Å². The van der Waals surface area contributed by atoms with Gasteiger partial charge in [-0.3, -0.25) is 9.59 Å². The van der Waals surface area contributed by atoms with Crippen molar-refractivity contribution < 1.29 is 19.1 Å². The summed E-state index contributed by atoms with van der Waals surface area (Å²) in [5, 5.41) is 0. The molecule has 0 saturated carbocycles. The van der Waals surface area contributed by atoms with E-state index in [1.165, 1.54) is 21.8 Å². The van der Waals surface area contributed by atoms with Crippen LogP contribution in [0.15, 0.2) is 42.5 Å². The summed E-state index contributed by atoms with van der Waals surface area (Å²) in [7, 11) is 0. The quantitative estimate of drug-likeness (QED) is 0.612. The van der Waals surface area contributed by atoms with E-state index in [0.717, 1.165) is 24.0 Å². The van der Waals surface area contributed by atoms with E-state index in [0.29, 0.717) is 19.8 Å². The van der Waals surface area contributed by atoms with Gasteiger partial charge in [-0.25, -0.2) is 0 Å². The van der Waals surface area contributed by atoms with E-state index in [1.807, 2.05) is 49.4 Å². The second kappa shape index (κ2) is 10.0. The topological polar surface area (TPSA) is 52.6 Å². The van der Waals surface area contributed by atoms with E-state index in [9.17, 15) is 9.59 Å². The first-order valence-electron chi connectivity index (χ1n) is 7.99. The van der Waals surface area contributed by atoms with E-state index in [4.69, 9.17) is 9.47 Å². The van der Waals surface area contributed by atoms with Gasteiger partial charge < -0.3 is 9.47 Å². The normalized spacial score (nSPS) is 16.1. The van der Waals surface area contributed by atoms with Crippen molar-refractivity contribution in [1.82, 2.24) is 0 Å². The molecule has 0 radical (unpaired) electrons. The van der Waals surface area contributed by atoms with Crippen LogP contribution in [0.25, 0.3) is 0 Å². The smallest absolute Gasteiger partial charge is 0.311 e. The van der Waals surface area contributed by atoms with E-state index in [2.05, 4.69) is 0 Å². The predicted octanol–water partition coefficient (Wildman–Crippen LogP) is 3.68. The molecule has 1 aliphatic rings. The van der Waals surface area contributed by atoms with Gasteiger partial charge in [0.1, 0.15) is 0 Å². The van der Waals surface area contributed by atoms with Gasteiger partial charge in [0.15, 0.2) is 6.29 Å². The first-order valence-corrected chi connectivity index (χ1v) is 8.80. The molecule has 1 fully saturated rings. The Labute approximate surface area is 146 Å². The second-order valence-electron chi connectivity index (χ2n) is 5.53. The van der Waals surface area contributed by atoms with Crippen LogP contribution in [0.4, 0.5) is 0 Å². The maximum absolute atomic E-state index is 11.5. The maximum Gasteiger partial charge on any atom is 0.311 e. The second-order valence-corrected chi connectivity index (χ2v) is 6.85. The summed E-state index contributed by atoms with van der Waals surface area (Å²) in [5.41, 5.74) is 1.19. The third-order valence-electron chi connectivity index (χ3n) is 3.62. The Bertz CT molecular complexity index is 630. The van der Waals surface area contributed by atoms with Crippen molar-refractivity contribution in [3.8, 4) is 0 Å². The van der Waals surface area contributed by atoms with Crippen LogP contribution < -0.4 is 0 Å². The standard InChI is InChI=1S/C13H16O3.C6H6OS/c14-13(12-7-8-15-10-12)16-9-6-11-4-2-1-3-5-11;1-5-2-3-6(4-7)8-5/h1-5,12H,6-10H2;2-4H,1H3/t12-;/m1./s1. The van der Waals surface area contributed by atoms with Crippen LogP contribution >= 0.6 is 11.3 Å². The fraction of sp³-hybridized carbons (Fsp3) is 0.368. The van der Waals surface area contributed by atoms with Gasteiger partial charge in [-0.1, -0.05) is 30.3 Å². The fourth-order valence-corrected chi connectivity index (χ4v) is 2.96. The maximum atomic E-state index is 11.5. The minimum absolute atomic E-state index is 0.0456. The molecule has 0 unspecified atom stereocenters. The first kappa shape index (κ1) is 18.4. The minimum atomic E-state index is -0.117. The molecule has 3 rings (SSSR count). The van der Waals surface area contributed by atoms with Gasteiger partial charge in [0.2, 0.25) is 0 Å². The zero-order valence-electron chi connectivity index (χ0n) is 13.8. The number of ether oxygens (including phenoxy) is 2. The molecule has 0 aliphatic carbocycles. The van der Waals surface area contributed by atoms with Gasteiger partial charge in [-0.15, -0.1) is 11.3 Å². The SMILES string of the molecule is Cc1ccc(C=O)s1.O=C(OCCc1ccccc1)[C@@H]1CCOC1. The summed E-state index contributed by atoms with van der Waals surface area (Å²) in [5.74, 6) is -0.163. The zero-order chi connectivity index (χ0) is 17.2. The molecule has 24 heavy (non-hydrogen) atoms. The summed E-state index contributed by atoms with van der Waals surface area (Å²) in [4.78, 5) is 23.6. The highest BCUT2D eigenvalue weighted by molar-refractivity contribution is 7.13. The van der Waals surface area contributed by atoms with Crippen molar-refractivity contribution in [3.63, 3.8) is 0 Å². The van der Waals surface area contributed by atoms with E-state index >= 15 is 0 Å². The van der Waals surface area contributed by atoms with Crippen molar-refractivity contribution in [2.75, 3.05) is 19.8 Å². The number of esters is 1. The average molecular weight is 346 g/mol. The lowest BCUT2D eigenvalue weighted by Gasteiger charge is -2.08. The molecular formula is C19H22O4S. The zero-order valence-corrected chi connectivity index (χ0v) is 14.6. The Morgan fingerprint density at radius 1 is 1.29 bits per heavy atom. The Morgan fingerprint density at radius 3 is 2.62 bits per heavy atom. The predicted molar refractivity (Wildman–Crippen MR) is 94.5 cm³/mol. The lowest BCUT2D eigenvalue weighted by atomic mass is 10.1. The molecule has 0 bridgehead atoms. The molecule has 2 aromatic rings. The summed E-state index contributed by atoms with van der Waals surface area (Å²) < 4.78 is 10.4. The molecular weight excluding hydrogens is 324 g/mol. The minimum Gasteiger partial charge on any atom is -0.465 e. The van der Waals surface area contributed by atoms with Crippen molar-refractivity contribution in [2.24, 2.45) is 5.92 Å². The number of aryl methyl sites for hydroxylation is 1. The number of benzene rings is 1. The molecule has 0 N–H and O–H groups in total. The summed E-state index contributed by atoms with van der Waals surface area (Å²) in [6.07, 6.45) is 2.45. The molecule has 4 nitrogen and oxygen atoms in total. The Balaban J connectivity index is 0.000000219. The highest BCUT2D eigenvalue weighted by Gasteiger charge is 2.24. The fourth-order valence-electron chi connectivity index (χ4n) is 2.27. The van der Waals surface area contributed by atoms with Crippen LogP contribution in [-0.4, -0.2) is 32.1 Å². The van der Waals surface area contributed by atoms with Gasteiger partial charge in [-0.2, -0.15) is 0 Å². The monoisotopic (exact) mass is 346 g/mol. The average Bonchev–Trinajstić information content (AvgIpc) is 3.28. The van der Waals surface area contributed by atoms with Crippen LogP contribution in [-0.2, 0) is 20.7 Å². The van der Waals surface area contributed by atoms with Gasteiger partial charge in [0.25, 0.3) is 0 Å². The van der Waals surface area contributed by atoms with E-state index in [1.54, 1.807) is 0 Å². The van der Waals surface area contributed by atoms with Gasteiger partial charge in [0, 0.05) is 17.9 Å². The third kappa shape index (κ3) is 6.26. The molecule has 2 heterocycles. The molecule has 1 aromatic heterocycles. The van der Waals surface area contributed by atoms with Crippen LogP contribution in [0.2, 0.25) is 0 Å². The van der Waals surface area contributed by atoms with E-state index < -0.39 is 0 Å². The third-order valence-corrected chi connectivity index (χ3v) is 4.54. The summed E-state index contributed by atoms with van der Waals surface area (Å²) >= 11 is 1.52. The van der Waals surface area contributed by atoms with Gasteiger partial charge in [0.05, 0.1) is 24.0 Å². The van der Waals surface area contributed by atoms with Crippen LogP contribution in [0.3, 0.4) is 0 Å². The van der Waals surface area contributed by atoms with Crippen LogP contribution in [0.5, 0.6) is 0 Å². The number of rotatable bonds is 5. The molecule has 0 amide bonds. The largest absolute Gasteiger partial charge is 0.465 e. The van der Waals surface area contributed by atoms with Gasteiger partial charge >= 0.3 is 5.97 Å². The molecule has 1 atom stereocenters. The molecule has 5 heteroatoms. The van der Waals surface area contributed by atoms with Crippen molar-refractivity contribution in [1.29, 1.82) is 0 Å². The summed E-state index contributed by atoms with van der Waals surface area (Å²) in [6, 6.07) is 13.8. The number of carbonyl (C=O) groups is 2. The molecule has 1 aliphatic heterocycles. The molecule has 0 spiro atoms. The first-order chi connectivity index (χ1) is 11.7. The number of carbonyl (C=O) groups excluding carboxylic acids is 2. The van der Waals surface area contributed by atoms with E-state index in [-0.39, 0.29) is 11.9 Å². The highest BCUT2D eigenvalue weighted by Crippen LogP contribution is 2.14. The number of hydrogen-bond acceptors (Lipinski definition) is 5. The van der Waals surface area contributed by atoms with Gasteiger partial charge in [-0.05, 0) is 31.0 Å². The number of hydrogen-bond donors (Lipinski definition) is 0. The van der Waals surface area contributed by atoms with Crippen LogP contribution in [0, 0.1) is 12.8 Å². The Kier molecular flexibility index (Phi) is 7.65. The van der Waals surface area contributed by atoms with Crippen molar-refractivity contribution in [2.45, 2.75) is 19.8 Å². The Morgan fingerprint density at radius 2 is 2.08 bits per heavy atom. The van der Waals surface area contributed by atoms with Crippen molar-refractivity contribution in [3.05, 3.63) is 57.8 Å². The van der Waals surface area contributed by atoms with Crippen molar-refractivity contribution >= 4 is 23.6 Å². The molecule has 1 saturated heterocycles. The molecule has 128 valence electrons. The highest BCUT2D eigenvalue weighted by atomic mass is 32.1. The lowest BCUT2D eigenvalue weighted by molar-refractivity contribution is -0.148. The summed E-state index contributed by atoms with van der Waals surface area (Å²) in [6.45, 7) is 3.64. The Hall–Kier alpha value is -1.98. The lowest BCUT2D eigenvalue weighted by Crippen LogP contribution is -2.18. The number of thiophene rings is 1. The number of aldehydes is 1.